The van der Waals surface area contributed by atoms with Crippen LogP contribution < -0.4 is 10.2 Å². The van der Waals surface area contributed by atoms with Crippen molar-refractivity contribution in [3.63, 3.8) is 0 Å². The highest BCUT2D eigenvalue weighted by Crippen LogP contribution is 2.25. The molecule has 3 nitrogen and oxygen atoms in total. The van der Waals surface area contributed by atoms with Crippen LogP contribution in [0.2, 0.25) is 5.02 Å². The topological polar surface area (TPSA) is 35.5 Å². The van der Waals surface area contributed by atoms with Crippen molar-refractivity contribution in [2.75, 3.05) is 31.1 Å². The fraction of sp³-hybridized carbons (Fsp3) is 0.538. The third kappa shape index (κ3) is 3.12. The van der Waals surface area contributed by atoms with E-state index >= 15 is 0 Å². The van der Waals surface area contributed by atoms with Crippen LogP contribution in [-0.4, -0.2) is 37.4 Å². The van der Waals surface area contributed by atoms with Crippen molar-refractivity contribution in [2.45, 2.75) is 19.4 Å². The highest BCUT2D eigenvalue weighted by Gasteiger charge is 2.20. The number of rotatable bonds is 3. The summed E-state index contributed by atoms with van der Waals surface area (Å²) in [5, 5.41) is 13.2. The molecule has 0 aliphatic carbocycles. The quantitative estimate of drug-likeness (QED) is 0.864. The first-order chi connectivity index (χ1) is 8.20. The van der Waals surface area contributed by atoms with E-state index in [0.29, 0.717) is 6.04 Å². The Morgan fingerprint density at radius 1 is 1.53 bits per heavy atom. The Hall–Kier alpha value is -0.770. The van der Waals surface area contributed by atoms with Crippen LogP contribution in [0.1, 0.15) is 12.0 Å². The van der Waals surface area contributed by atoms with E-state index in [4.69, 9.17) is 16.7 Å². The Morgan fingerprint density at radius 2 is 2.35 bits per heavy atom. The molecule has 94 valence electrons. The predicted octanol–water partition coefficient (Wildman–Crippen LogP) is 1.81. The second-order valence-corrected chi connectivity index (χ2v) is 4.98. The van der Waals surface area contributed by atoms with E-state index in [2.05, 4.69) is 23.2 Å². The van der Waals surface area contributed by atoms with Crippen molar-refractivity contribution in [1.82, 2.24) is 5.32 Å². The zero-order chi connectivity index (χ0) is 12.3. The van der Waals surface area contributed by atoms with Gasteiger partial charge in [0, 0.05) is 43.0 Å². The molecule has 1 aromatic carbocycles. The van der Waals surface area contributed by atoms with Crippen LogP contribution >= 0.6 is 11.6 Å². The van der Waals surface area contributed by atoms with Gasteiger partial charge in [0.15, 0.2) is 0 Å². The lowest BCUT2D eigenvalue weighted by Crippen LogP contribution is -2.51. The number of benzene rings is 1. The molecular weight excluding hydrogens is 236 g/mol. The highest BCUT2D eigenvalue weighted by molar-refractivity contribution is 6.30. The van der Waals surface area contributed by atoms with E-state index in [9.17, 15) is 0 Å². The molecule has 4 heteroatoms. The summed E-state index contributed by atoms with van der Waals surface area (Å²) in [6.07, 6.45) is 0.802. The molecule has 0 spiro atoms. The van der Waals surface area contributed by atoms with Crippen molar-refractivity contribution in [3.05, 3.63) is 28.8 Å². The molecule has 0 radical (unpaired) electrons. The van der Waals surface area contributed by atoms with Gasteiger partial charge in [-0.3, -0.25) is 0 Å². The van der Waals surface area contributed by atoms with Crippen molar-refractivity contribution in [1.29, 1.82) is 0 Å². The zero-order valence-corrected chi connectivity index (χ0v) is 10.9. The van der Waals surface area contributed by atoms with Crippen LogP contribution in [0.15, 0.2) is 18.2 Å². The summed E-state index contributed by atoms with van der Waals surface area (Å²) in [4.78, 5) is 2.35. The fourth-order valence-electron chi connectivity index (χ4n) is 2.32. The van der Waals surface area contributed by atoms with E-state index in [0.717, 1.165) is 31.1 Å². The molecule has 0 saturated carbocycles. The number of hydrogen-bond donors (Lipinski definition) is 2. The summed E-state index contributed by atoms with van der Waals surface area (Å²) >= 11 is 6.05. The average Bonchev–Trinajstić information content (AvgIpc) is 2.33. The van der Waals surface area contributed by atoms with Gasteiger partial charge in [-0.1, -0.05) is 17.7 Å². The number of halogens is 1. The lowest BCUT2D eigenvalue weighted by atomic mass is 10.1. The molecule has 0 aromatic heterocycles. The van der Waals surface area contributed by atoms with E-state index in [-0.39, 0.29) is 6.61 Å². The Balaban J connectivity index is 2.13. The van der Waals surface area contributed by atoms with Crippen LogP contribution in [0.3, 0.4) is 0 Å². The SMILES string of the molecule is Cc1ccc(Cl)cc1N1CCNC(CCO)C1. The molecule has 1 atom stereocenters. The Labute approximate surface area is 107 Å². The van der Waals surface area contributed by atoms with Crippen molar-refractivity contribution in [2.24, 2.45) is 0 Å². The minimum absolute atomic E-state index is 0.236. The zero-order valence-electron chi connectivity index (χ0n) is 10.1. The molecule has 1 saturated heterocycles. The van der Waals surface area contributed by atoms with Gasteiger partial charge in [-0.2, -0.15) is 0 Å². The van der Waals surface area contributed by atoms with Gasteiger partial charge in [0.25, 0.3) is 0 Å². The number of aliphatic hydroxyl groups excluding tert-OH is 1. The fourth-order valence-corrected chi connectivity index (χ4v) is 2.48. The first kappa shape index (κ1) is 12.7. The van der Waals surface area contributed by atoms with E-state index in [1.165, 1.54) is 11.3 Å². The number of piperazine rings is 1. The van der Waals surface area contributed by atoms with Crippen LogP contribution in [0, 0.1) is 6.92 Å². The van der Waals surface area contributed by atoms with Gasteiger partial charge < -0.3 is 15.3 Å². The highest BCUT2D eigenvalue weighted by atomic mass is 35.5. The second-order valence-electron chi connectivity index (χ2n) is 4.54. The summed E-state index contributed by atoms with van der Waals surface area (Å²) in [5.74, 6) is 0. The van der Waals surface area contributed by atoms with Crippen LogP contribution in [0.25, 0.3) is 0 Å². The molecule has 0 bridgehead atoms. The molecule has 2 rings (SSSR count). The minimum Gasteiger partial charge on any atom is -0.396 e. The van der Waals surface area contributed by atoms with E-state index in [1.54, 1.807) is 0 Å². The van der Waals surface area contributed by atoms with Crippen LogP contribution in [0.5, 0.6) is 0 Å². The number of nitrogens with one attached hydrogen (secondary N) is 1. The van der Waals surface area contributed by atoms with Gasteiger partial charge in [0.2, 0.25) is 0 Å². The van der Waals surface area contributed by atoms with E-state index in [1.807, 2.05) is 12.1 Å². The summed E-state index contributed by atoms with van der Waals surface area (Å²) in [7, 11) is 0. The van der Waals surface area contributed by atoms with Gasteiger partial charge in [0.05, 0.1) is 0 Å². The van der Waals surface area contributed by atoms with Crippen molar-refractivity contribution >= 4 is 17.3 Å². The van der Waals surface area contributed by atoms with Gasteiger partial charge >= 0.3 is 0 Å². The molecular formula is C13H19ClN2O. The maximum Gasteiger partial charge on any atom is 0.0446 e. The van der Waals surface area contributed by atoms with Gasteiger partial charge in [-0.05, 0) is 31.0 Å². The first-order valence-corrected chi connectivity index (χ1v) is 6.44. The molecule has 1 unspecified atom stereocenters. The van der Waals surface area contributed by atoms with Gasteiger partial charge in [-0.25, -0.2) is 0 Å². The molecule has 1 aromatic rings. The largest absolute Gasteiger partial charge is 0.396 e. The number of nitrogens with zero attached hydrogens (tertiary/aromatic N) is 1. The Bertz CT molecular complexity index is 382. The Kier molecular flexibility index (Phi) is 4.26. The number of hydrogen-bond acceptors (Lipinski definition) is 3. The van der Waals surface area contributed by atoms with E-state index < -0.39 is 0 Å². The van der Waals surface area contributed by atoms with Crippen molar-refractivity contribution in [3.8, 4) is 0 Å². The average molecular weight is 255 g/mol. The number of aryl methyl sites for hydroxylation is 1. The minimum atomic E-state index is 0.236. The monoisotopic (exact) mass is 254 g/mol. The lowest BCUT2D eigenvalue weighted by molar-refractivity contribution is 0.260. The number of anilines is 1. The Morgan fingerprint density at radius 3 is 3.12 bits per heavy atom. The molecule has 1 aliphatic heterocycles. The predicted molar refractivity (Wildman–Crippen MR) is 71.9 cm³/mol. The standard InChI is InChI=1S/C13H19ClN2O/c1-10-2-3-11(14)8-13(10)16-6-5-15-12(9-16)4-7-17/h2-3,8,12,15,17H,4-7,9H2,1H3. The third-order valence-corrected chi connectivity index (χ3v) is 3.48. The molecule has 1 aliphatic rings. The first-order valence-electron chi connectivity index (χ1n) is 6.06. The maximum absolute atomic E-state index is 8.99. The summed E-state index contributed by atoms with van der Waals surface area (Å²) in [6.45, 7) is 5.22. The third-order valence-electron chi connectivity index (χ3n) is 3.24. The molecule has 1 heterocycles. The molecule has 1 fully saturated rings. The number of aliphatic hydroxyl groups is 1. The summed E-state index contributed by atoms with van der Waals surface area (Å²) in [5.41, 5.74) is 2.46. The van der Waals surface area contributed by atoms with Crippen LogP contribution in [0.4, 0.5) is 5.69 Å². The van der Waals surface area contributed by atoms with Gasteiger partial charge in [-0.15, -0.1) is 0 Å². The van der Waals surface area contributed by atoms with Crippen molar-refractivity contribution < 1.29 is 5.11 Å². The van der Waals surface area contributed by atoms with Gasteiger partial charge in [0.1, 0.15) is 0 Å². The van der Waals surface area contributed by atoms with Crippen LogP contribution in [-0.2, 0) is 0 Å². The molecule has 2 N–H and O–H groups in total. The summed E-state index contributed by atoms with van der Waals surface area (Å²) in [6, 6.07) is 6.37. The smallest absolute Gasteiger partial charge is 0.0446 e. The summed E-state index contributed by atoms with van der Waals surface area (Å²) < 4.78 is 0. The maximum atomic E-state index is 8.99. The molecule has 17 heavy (non-hydrogen) atoms. The normalized spacial score (nSPS) is 20.6. The molecule has 0 amide bonds. The lowest BCUT2D eigenvalue weighted by Gasteiger charge is -2.36. The second kappa shape index (κ2) is 5.71.